The molecule has 254 valence electrons. The molecule has 54 heavy (non-hydrogen) atoms. The second kappa shape index (κ2) is 12.1. The Kier molecular flexibility index (Phi) is 6.79. The monoisotopic (exact) mass is 694 g/mol. The van der Waals surface area contributed by atoms with Gasteiger partial charge >= 0.3 is 0 Å². The van der Waals surface area contributed by atoms with Crippen LogP contribution in [0.25, 0.3) is 88.7 Å². The Bertz CT molecular complexity index is 3160. The van der Waals surface area contributed by atoms with E-state index in [4.69, 9.17) is 18.2 Å². The van der Waals surface area contributed by atoms with Crippen molar-refractivity contribution >= 4 is 72.0 Å². The predicted molar refractivity (Wildman–Crippen MR) is 220 cm³/mol. The lowest BCUT2D eigenvalue weighted by atomic mass is 9.94. The molecule has 0 unspecified atom stereocenters. The van der Waals surface area contributed by atoms with Crippen molar-refractivity contribution in [2.75, 3.05) is 4.90 Å². The largest absolute Gasteiger partial charge is 0.456 e. The first-order chi connectivity index (χ1) is 26.8. The van der Waals surface area contributed by atoms with Crippen LogP contribution in [0.4, 0.5) is 17.1 Å². The van der Waals surface area contributed by atoms with Gasteiger partial charge in [0.2, 0.25) is 5.89 Å². The second-order valence-corrected chi connectivity index (χ2v) is 13.5. The summed E-state index contributed by atoms with van der Waals surface area (Å²) in [4.78, 5) is 7.32. The lowest BCUT2D eigenvalue weighted by molar-refractivity contribution is 0.619. The maximum Gasteiger partial charge on any atom is 0.227 e. The SMILES string of the molecule is c1ccc(-c2nc3c(cc(N(c4ccc(-c5ccccc5-c5ccccc5)cc4)c4ccc5oc6ccccc6c5c4)c4oc5ccccc5c43)o2)cc1. The number of hydrogen-bond acceptors (Lipinski definition) is 5. The number of para-hydroxylation sites is 2. The summed E-state index contributed by atoms with van der Waals surface area (Å²) in [6.07, 6.45) is 0. The van der Waals surface area contributed by atoms with E-state index in [0.29, 0.717) is 11.5 Å². The van der Waals surface area contributed by atoms with Crippen LogP contribution < -0.4 is 4.90 Å². The zero-order valence-corrected chi connectivity index (χ0v) is 28.9. The van der Waals surface area contributed by atoms with Gasteiger partial charge in [0, 0.05) is 39.2 Å². The molecule has 5 heteroatoms. The van der Waals surface area contributed by atoms with Crippen molar-refractivity contribution in [1.29, 1.82) is 0 Å². The molecule has 0 aliphatic carbocycles. The van der Waals surface area contributed by atoms with Gasteiger partial charge in [-0.25, -0.2) is 4.98 Å². The number of furan rings is 2. The van der Waals surface area contributed by atoms with Crippen molar-refractivity contribution in [3.05, 3.63) is 182 Å². The molecule has 0 spiro atoms. The van der Waals surface area contributed by atoms with E-state index in [1.807, 2.05) is 66.7 Å². The topological polar surface area (TPSA) is 55.6 Å². The van der Waals surface area contributed by atoms with Gasteiger partial charge in [-0.1, -0.05) is 121 Å². The highest BCUT2D eigenvalue weighted by atomic mass is 16.4. The van der Waals surface area contributed by atoms with E-state index in [1.165, 1.54) is 16.7 Å². The predicted octanol–water partition coefficient (Wildman–Crippen LogP) is 14.1. The van der Waals surface area contributed by atoms with Gasteiger partial charge in [-0.05, 0) is 76.9 Å². The molecule has 11 aromatic rings. The number of nitrogens with zero attached hydrogens (tertiary/aromatic N) is 2. The van der Waals surface area contributed by atoms with Crippen molar-refractivity contribution < 1.29 is 13.3 Å². The zero-order chi connectivity index (χ0) is 35.6. The van der Waals surface area contributed by atoms with Crippen molar-refractivity contribution in [2.45, 2.75) is 0 Å². The molecule has 8 aromatic carbocycles. The lowest BCUT2D eigenvalue weighted by Crippen LogP contribution is -2.10. The first kappa shape index (κ1) is 30.3. The molecule has 11 rings (SSSR count). The first-order valence-electron chi connectivity index (χ1n) is 18.0. The minimum absolute atomic E-state index is 0.564. The summed E-state index contributed by atoms with van der Waals surface area (Å²) < 4.78 is 19.6. The van der Waals surface area contributed by atoms with Crippen LogP contribution in [0.5, 0.6) is 0 Å². The number of rotatable bonds is 6. The highest BCUT2D eigenvalue weighted by Gasteiger charge is 2.25. The fourth-order valence-corrected chi connectivity index (χ4v) is 7.80. The summed E-state index contributed by atoms with van der Waals surface area (Å²) in [5, 5.41) is 4.00. The average molecular weight is 695 g/mol. The molecule has 0 radical (unpaired) electrons. The van der Waals surface area contributed by atoms with E-state index in [1.54, 1.807) is 0 Å². The van der Waals surface area contributed by atoms with E-state index in [2.05, 4.69) is 120 Å². The molecule has 0 N–H and O–H groups in total. The smallest absolute Gasteiger partial charge is 0.227 e. The van der Waals surface area contributed by atoms with Gasteiger partial charge in [0.15, 0.2) is 11.2 Å². The Morgan fingerprint density at radius 2 is 0.963 bits per heavy atom. The number of aromatic nitrogens is 1. The first-order valence-corrected chi connectivity index (χ1v) is 18.0. The van der Waals surface area contributed by atoms with Crippen LogP contribution in [0.2, 0.25) is 0 Å². The molecule has 0 aliphatic rings. The average Bonchev–Trinajstić information content (AvgIpc) is 3.95. The molecule has 3 heterocycles. The Hall–Kier alpha value is -7.37. The van der Waals surface area contributed by atoms with Gasteiger partial charge < -0.3 is 18.2 Å². The third kappa shape index (κ3) is 4.83. The maximum absolute atomic E-state index is 6.79. The molecular formula is C49H30N2O3. The maximum atomic E-state index is 6.79. The van der Waals surface area contributed by atoms with Gasteiger partial charge in [-0.2, -0.15) is 0 Å². The van der Waals surface area contributed by atoms with Gasteiger partial charge in [0.1, 0.15) is 22.3 Å². The van der Waals surface area contributed by atoms with Crippen molar-refractivity contribution in [3.63, 3.8) is 0 Å². The summed E-state index contributed by atoms with van der Waals surface area (Å²) in [6, 6.07) is 62.6. The van der Waals surface area contributed by atoms with E-state index >= 15 is 0 Å². The lowest BCUT2D eigenvalue weighted by Gasteiger charge is -2.26. The third-order valence-corrected chi connectivity index (χ3v) is 10.3. The van der Waals surface area contributed by atoms with Crippen LogP contribution in [0.1, 0.15) is 0 Å². The molecule has 3 aromatic heterocycles. The van der Waals surface area contributed by atoms with Crippen LogP contribution in [-0.2, 0) is 0 Å². The highest BCUT2D eigenvalue weighted by molar-refractivity contribution is 6.21. The number of anilines is 3. The zero-order valence-electron chi connectivity index (χ0n) is 28.9. The van der Waals surface area contributed by atoms with Crippen LogP contribution in [0.3, 0.4) is 0 Å². The number of oxazole rings is 1. The van der Waals surface area contributed by atoms with E-state index in [9.17, 15) is 0 Å². The summed E-state index contributed by atoms with van der Waals surface area (Å²) in [5.74, 6) is 0.564. The molecule has 0 fully saturated rings. The number of fused-ring (bicyclic) bond motifs is 8. The van der Waals surface area contributed by atoms with E-state index < -0.39 is 0 Å². The Morgan fingerprint density at radius 3 is 1.70 bits per heavy atom. The molecule has 0 saturated carbocycles. The fourth-order valence-electron chi connectivity index (χ4n) is 7.80. The van der Waals surface area contributed by atoms with Crippen LogP contribution in [0.15, 0.2) is 195 Å². The summed E-state index contributed by atoms with van der Waals surface area (Å²) >= 11 is 0. The van der Waals surface area contributed by atoms with E-state index in [-0.39, 0.29) is 0 Å². The van der Waals surface area contributed by atoms with Gasteiger partial charge in [0.25, 0.3) is 0 Å². The van der Waals surface area contributed by atoms with Gasteiger partial charge in [-0.15, -0.1) is 0 Å². The normalized spacial score (nSPS) is 11.7. The molecule has 0 bridgehead atoms. The molecule has 0 atom stereocenters. The van der Waals surface area contributed by atoms with Crippen molar-refractivity contribution in [3.8, 4) is 33.7 Å². The number of benzene rings is 8. The fraction of sp³-hybridized carbons (Fsp3) is 0. The summed E-state index contributed by atoms with van der Waals surface area (Å²) in [7, 11) is 0. The molecule has 0 saturated heterocycles. The van der Waals surface area contributed by atoms with Crippen molar-refractivity contribution in [2.24, 2.45) is 0 Å². The van der Waals surface area contributed by atoms with E-state index in [0.717, 1.165) is 77.6 Å². The molecule has 0 aliphatic heterocycles. The standard InChI is InChI=1S/C49H30N2O3/c1-3-13-31(14-4-1)36-17-7-8-18-37(36)32-23-25-34(26-24-32)51(35-27-28-44-40(29-35)38-19-9-11-21-42(38)52-44)41-30-45-47(50-49(54-45)33-15-5-2-6-16-33)46-39-20-10-12-22-43(39)53-48(41)46/h1-30H. The third-order valence-electron chi connectivity index (χ3n) is 10.3. The molecular weight excluding hydrogens is 665 g/mol. The second-order valence-electron chi connectivity index (χ2n) is 13.5. The highest BCUT2D eigenvalue weighted by Crippen LogP contribution is 2.47. The van der Waals surface area contributed by atoms with Gasteiger partial charge in [-0.3, -0.25) is 0 Å². The minimum atomic E-state index is 0.564. The van der Waals surface area contributed by atoms with Gasteiger partial charge in [0.05, 0.1) is 11.1 Å². The van der Waals surface area contributed by atoms with Crippen LogP contribution >= 0.6 is 0 Å². The molecule has 0 amide bonds. The van der Waals surface area contributed by atoms with Crippen LogP contribution in [0, 0.1) is 0 Å². The summed E-state index contributed by atoms with van der Waals surface area (Å²) in [6.45, 7) is 0. The summed E-state index contributed by atoms with van der Waals surface area (Å²) in [5.41, 5.74) is 13.0. The quantitative estimate of drug-likeness (QED) is 0.173. The Labute approximate surface area is 309 Å². The Morgan fingerprint density at radius 1 is 0.389 bits per heavy atom. The number of hydrogen-bond donors (Lipinski definition) is 0. The van der Waals surface area contributed by atoms with Crippen molar-refractivity contribution in [1.82, 2.24) is 4.98 Å². The molecule has 5 nitrogen and oxygen atoms in total. The minimum Gasteiger partial charge on any atom is -0.456 e. The Balaban J connectivity index is 1.16. The van der Waals surface area contributed by atoms with Crippen LogP contribution in [-0.4, -0.2) is 4.98 Å².